The summed E-state index contributed by atoms with van der Waals surface area (Å²) < 4.78 is 13.4. The summed E-state index contributed by atoms with van der Waals surface area (Å²) in [4.78, 5) is 0. The van der Waals surface area contributed by atoms with Gasteiger partial charge in [-0.1, -0.05) is 6.07 Å². The number of aromatic hydroxyl groups is 1. The van der Waals surface area contributed by atoms with E-state index in [0.29, 0.717) is 5.56 Å². The van der Waals surface area contributed by atoms with Gasteiger partial charge in [0.25, 0.3) is 0 Å². The number of aliphatic hydroxyl groups is 1. The molecule has 0 saturated heterocycles. The van der Waals surface area contributed by atoms with Gasteiger partial charge in [0.15, 0.2) is 11.6 Å². The number of rotatable bonds is 3. The molecule has 14 heavy (non-hydrogen) atoms. The van der Waals surface area contributed by atoms with Gasteiger partial charge in [0.1, 0.15) is 0 Å². The van der Waals surface area contributed by atoms with Gasteiger partial charge in [0.2, 0.25) is 0 Å². The van der Waals surface area contributed by atoms with Gasteiger partial charge >= 0.3 is 0 Å². The molecule has 0 bridgehead atoms. The molecule has 1 atom stereocenters. The fraction of sp³-hybridized carbons (Fsp3) is 0.333. The van der Waals surface area contributed by atoms with E-state index in [1.165, 1.54) is 12.1 Å². The number of phenolic OH excluding ortho intramolecular Hbond substituents is 1. The minimum atomic E-state index is -0.726. The summed E-state index contributed by atoms with van der Waals surface area (Å²) in [6.07, 6.45) is 0.286. The lowest BCUT2D eigenvalue weighted by Gasteiger charge is -2.13. The van der Waals surface area contributed by atoms with Crippen molar-refractivity contribution in [2.75, 3.05) is 6.61 Å². The Morgan fingerprint density at radius 2 is 2.14 bits per heavy atom. The highest BCUT2D eigenvalue weighted by Crippen LogP contribution is 2.31. The van der Waals surface area contributed by atoms with Crippen molar-refractivity contribution < 1.29 is 14.6 Å². The second kappa shape index (κ2) is 4.72. The first-order chi connectivity index (χ1) is 6.57. The van der Waals surface area contributed by atoms with Gasteiger partial charge in [0.05, 0.1) is 4.47 Å². The number of aliphatic hydroxyl groups excluding tert-OH is 1. The summed E-state index contributed by atoms with van der Waals surface area (Å²) in [5, 5.41) is 18.1. The normalized spacial score (nSPS) is 12.9. The Kier molecular flexibility index (Phi) is 3.86. The Hall–Kier alpha value is -0.650. The van der Waals surface area contributed by atoms with E-state index in [4.69, 9.17) is 10.8 Å². The molecule has 0 aliphatic carbocycles. The van der Waals surface area contributed by atoms with Crippen LogP contribution in [0.5, 0.6) is 5.75 Å². The highest BCUT2D eigenvalue weighted by Gasteiger charge is 2.15. The molecule has 3 nitrogen and oxygen atoms in total. The number of hydrogen-bond acceptors (Lipinski definition) is 3. The quantitative estimate of drug-likeness (QED) is 0.778. The van der Waals surface area contributed by atoms with Crippen molar-refractivity contribution in [1.29, 1.82) is 0 Å². The molecule has 0 aliphatic rings. The largest absolute Gasteiger partial charge is 0.505 e. The maximum Gasteiger partial charge on any atom is 0.179 e. The van der Waals surface area contributed by atoms with Crippen molar-refractivity contribution in [3.63, 3.8) is 0 Å². The fourth-order valence-corrected chi connectivity index (χ4v) is 1.47. The summed E-state index contributed by atoms with van der Waals surface area (Å²) >= 11 is 2.94. The van der Waals surface area contributed by atoms with Crippen LogP contribution in [0.15, 0.2) is 16.6 Å². The van der Waals surface area contributed by atoms with E-state index in [2.05, 4.69) is 15.9 Å². The zero-order chi connectivity index (χ0) is 10.7. The van der Waals surface area contributed by atoms with Gasteiger partial charge in [-0.3, -0.25) is 0 Å². The molecule has 1 aromatic carbocycles. The lowest BCUT2D eigenvalue weighted by molar-refractivity contribution is 0.275. The molecule has 5 heteroatoms. The molecule has 0 amide bonds. The minimum absolute atomic E-state index is 0.0989. The molecular weight excluding hydrogens is 253 g/mol. The Bertz CT molecular complexity index is 333. The average Bonchev–Trinajstić information content (AvgIpc) is 2.15. The number of hydrogen-bond donors (Lipinski definition) is 3. The molecular formula is C9H11BrFNO2. The number of phenols is 1. The van der Waals surface area contributed by atoms with Crippen molar-refractivity contribution in [3.8, 4) is 5.75 Å². The topological polar surface area (TPSA) is 66.5 Å². The second-order valence-electron chi connectivity index (χ2n) is 2.92. The SMILES string of the molecule is N[C@@H](CCO)c1ccc(Br)c(F)c1O. The maximum absolute atomic E-state index is 13.2. The molecule has 0 saturated carbocycles. The standard InChI is InChI=1S/C9H11BrFNO2/c10-6-2-1-5(7(12)3-4-13)9(14)8(6)11/h1-2,7,13-14H,3-4,12H2/t7-/m0/s1. The van der Waals surface area contributed by atoms with Crippen molar-refractivity contribution >= 4 is 15.9 Å². The lowest BCUT2D eigenvalue weighted by atomic mass is 10.0. The van der Waals surface area contributed by atoms with Crippen molar-refractivity contribution in [3.05, 3.63) is 28.0 Å². The maximum atomic E-state index is 13.2. The zero-order valence-corrected chi connectivity index (χ0v) is 8.96. The Labute approximate surface area is 89.5 Å². The van der Waals surface area contributed by atoms with Crippen LogP contribution in [0.4, 0.5) is 4.39 Å². The lowest BCUT2D eigenvalue weighted by Crippen LogP contribution is -2.12. The summed E-state index contributed by atoms with van der Waals surface area (Å²) in [5.41, 5.74) is 5.93. The summed E-state index contributed by atoms with van der Waals surface area (Å²) in [5.74, 6) is -1.18. The third-order valence-corrected chi connectivity index (χ3v) is 2.55. The predicted molar refractivity (Wildman–Crippen MR) is 54.4 cm³/mol. The molecule has 0 heterocycles. The highest BCUT2D eigenvalue weighted by molar-refractivity contribution is 9.10. The Balaban J connectivity index is 3.04. The molecule has 0 aliphatic heterocycles. The van der Waals surface area contributed by atoms with E-state index in [9.17, 15) is 9.50 Å². The zero-order valence-electron chi connectivity index (χ0n) is 7.37. The molecule has 4 N–H and O–H groups in total. The van der Waals surface area contributed by atoms with Crippen LogP contribution in [0.2, 0.25) is 0 Å². The van der Waals surface area contributed by atoms with Crippen LogP contribution in [0.3, 0.4) is 0 Å². The van der Waals surface area contributed by atoms with Gasteiger partial charge in [-0.2, -0.15) is 0 Å². The van der Waals surface area contributed by atoms with Crippen LogP contribution in [-0.4, -0.2) is 16.8 Å². The molecule has 0 fully saturated rings. The van der Waals surface area contributed by atoms with Gasteiger partial charge in [-0.15, -0.1) is 0 Å². The molecule has 0 radical (unpaired) electrons. The van der Waals surface area contributed by atoms with Crippen LogP contribution >= 0.6 is 15.9 Å². The molecule has 0 unspecified atom stereocenters. The van der Waals surface area contributed by atoms with Gasteiger partial charge in [0, 0.05) is 18.2 Å². The molecule has 1 aromatic rings. The van der Waals surface area contributed by atoms with Crippen LogP contribution < -0.4 is 5.73 Å². The number of nitrogens with two attached hydrogens (primary N) is 1. The van der Waals surface area contributed by atoms with Crippen molar-refractivity contribution in [2.45, 2.75) is 12.5 Å². The van der Waals surface area contributed by atoms with E-state index < -0.39 is 17.6 Å². The summed E-state index contributed by atoms with van der Waals surface area (Å²) in [6.45, 7) is -0.0989. The summed E-state index contributed by atoms with van der Waals surface area (Å²) in [7, 11) is 0. The first-order valence-electron chi connectivity index (χ1n) is 4.11. The van der Waals surface area contributed by atoms with Gasteiger partial charge in [-0.05, 0) is 28.4 Å². The van der Waals surface area contributed by atoms with Crippen LogP contribution in [-0.2, 0) is 0 Å². The van der Waals surface area contributed by atoms with Crippen molar-refractivity contribution in [1.82, 2.24) is 0 Å². The third kappa shape index (κ3) is 2.23. The number of benzene rings is 1. The predicted octanol–water partition coefficient (Wildman–Crippen LogP) is 1.68. The highest BCUT2D eigenvalue weighted by atomic mass is 79.9. The summed E-state index contributed by atoms with van der Waals surface area (Å²) in [6, 6.07) is 2.45. The first kappa shape index (κ1) is 11.4. The van der Waals surface area contributed by atoms with E-state index in [1.807, 2.05) is 0 Å². The molecule has 1 rings (SSSR count). The second-order valence-corrected chi connectivity index (χ2v) is 3.77. The molecule has 0 spiro atoms. The van der Waals surface area contributed by atoms with E-state index in [0.717, 1.165) is 0 Å². The average molecular weight is 264 g/mol. The first-order valence-corrected chi connectivity index (χ1v) is 4.90. The van der Waals surface area contributed by atoms with E-state index >= 15 is 0 Å². The van der Waals surface area contributed by atoms with Crippen LogP contribution in [0, 0.1) is 5.82 Å². The van der Waals surface area contributed by atoms with Crippen LogP contribution in [0.25, 0.3) is 0 Å². The van der Waals surface area contributed by atoms with Gasteiger partial charge < -0.3 is 15.9 Å². The van der Waals surface area contributed by atoms with Gasteiger partial charge in [-0.25, -0.2) is 4.39 Å². The smallest absolute Gasteiger partial charge is 0.179 e. The van der Waals surface area contributed by atoms with Crippen LogP contribution in [0.1, 0.15) is 18.0 Å². The third-order valence-electron chi connectivity index (χ3n) is 1.94. The molecule has 0 aromatic heterocycles. The fourth-order valence-electron chi connectivity index (χ4n) is 1.15. The van der Waals surface area contributed by atoms with Crippen molar-refractivity contribution in [2.24, 2.45) is 5.73 Å². The monoisotopic (exact) mass is 263 g/mol. The Morgan fingerprint density at radius 3 is 2.71 bits per heavy atom. The molecule has 78 valence electrons. The van der Waals surface area contributed by atoms with E-state index in [-0.39, 0.29) is 17.5 Å². The minimum Gasteiger partial charge on any atom is -0.505 e. The Morgan fingerprint density at radius 1 is 1.50 bits per heavy atom. The van der Waals surface area contributed by atoms with E-state index in [1.54, 1.807) is 0 Å². The number of halogens is 2.